The van der Waals surface area contributed by atoms with E-state index in [4.69, 9.17) is 9.84 Å². The lowest BCUT2D eigenvalue weighted by molar-refractivity contribution is -0.142. The van der Waals surface area contributed by atoms with E-state index in [-0.39, 0.29) is 35.5 Å². The van der Waals surface area contributed by atoms with Crippen molar-refractivity contribution < 1.29 is 34.4 Å². The number of amides is 1. The molecule has 2 rings (SSSR count). The summed E-state index contributed by atoms with van der Waals surface area (Å²) < 4.78 is 5.07. The highest BCUT2D eigenvalue weighted by molar-refractivity contribution is 5.97. The SMILES string of the molecule is CC(=CCCC(C)(O)CCCC1=CCN(CC(=O)O)C1=O)CCCC(C)C=C1OC(=O)C(C)=C1O. The van der Waals surface area contributed by atoms with Crippen LogP contribution in [0.3, 0.4) is 0 Å². The zero-order chi connectivity index (χ0) is 26.2. The van der Waals surface area contributed by atoms with Crippen LogP contribution in [0, 0.1) is 5.92 Å². The molecule has 2 unspecified atom stereocenters. The molecular formula is C27H39NO7. The van der Waals surface area contributed by atoms with E-state index in [1.807, 2.05) is 13.8 Å². The highest BCUT2D eigenvalue weighted by Gasteiger charge is 2.27. The first-order chi connectivity index (χ1) is 16.4. The number of cyclic esters (lactones) is 1. The number of ether oxygens (including phenoxy) is 1. The number of carbonyl (C=O) groups is 3. The van der Waals surface area contributed by atoms with Crippen molar-refractivity contribution in [2.75, 3.05) is 13.1 Å². The highest BCUT2D eigenvalue weighted by atomic mass is 16.6. The summed E-state index contributed by atoms with van der Waals surface area (Å²) in [6.07, 6.45) is 11.7. The van der Waals surface area contributed by atoms with E-state index >= 15 is 0 Å². The van der Waals surface area contributed by atoms with Gasteiger partial charge in [0, 0.05) is 12.1 Å². The van der Waals surface area contributed by atoms with Gasteiger partial charge in [-0.1, -0.05) is 24.6 Å². The molecule has 2 atom stereocenters. The molecular weight excluding hydrogens is 450 g/mol. The number of allylic oxidation sites excluding steroid dienone is 3. The molecule has 0 spiro atoms. The Balaban J connectivity index is 1.65. The number of aliphatic hydroxyl groups is 2. The molecule has 3 N–H and O–H groups in total. The molecule has 0 aromatic heterocycles. The van der Waals surface area contributed by atoms with Crippen LogP contribution in [-0.2, 0) is 19.1 Å². The first-order valence-corrected chi connectivity index (χ1v) is 12.3. The summed E-state index contributed by atoms with van der Waals surface area (Å²) >= 11 is 0. The smallest absolute Gasteiger partial charge is 0.343 e. The van der Waals surface area contributed by atoms with Gasteiger partial charge < -0.3 is 25.0 Å². The third-order valence-electron chi connectivity index (χ3n) is 6.55. The Morgan fingerprint density at radius 2 is 2.00 bits per heavy atom. The minimum absolute atomic E-state index is 0.0725. The van der Waals surface area contributed by atoms with Crippen LogP contribution in [0.1, 0.15) is 79.1 Å². The minimum atomic E-state index is -1.02. The Morgan fingerprint density at radius 3 is 2.63 bits per heavy atom. The summed E-state index contributed by atoms with van der Waals surface area (Å²) in [5.41, 5.74) is 1.30. The number of hydrogen-bond donors (Lipinski definition) is 3. The molecule has 0 radical (unpaired) electrons. The van der Waals surface area contributed by atoms with Crippen LogP contribution >= 0.6 is 0 Å². The van der Waals surface area contributed by atoms with Gasteiger partial charge in [-0.3, -0.25) is 9.59 Å². The number of carbonyl (C=O) groups excluding carboxylic acids is 2. The Kier molecular flexibility index (Phi) is 10.3. The molecule has 2 aliphatic heterocycles. The van der Waals surface area contributed by atoms with Crippen molar-refractivity contribution in [2.24, 2.45) is 5.92 Å². The van der Waals surface area contributed by atoms with Gasteiger partial charge in [-0.15, -0.1) is 0 Å². The lowest BCUT2D eigenvalue weighted by atomic mass is 9.91. The van der Waals surface area contributed by atoms with Crippen LogP contribution in [-0.4, -0.2) is 56.8 Å². The average Bonchev–Trinajstić information content (AvgIpc) is 3.21. The summed E-state index contributed by atoms with van der Waals surface area (Å²) in [6, 6.07) is 0. The standard InChI is InChI=1S/C27H39NO7/c1-18(8-5-9-19(2)16-22-24(31)20(3)26(33)35-22)10-6-13-27(4,34)14-7-11-21-12-15-28(25(21)32)17-23(29)30/h10,12,16,19,31,34H,5-9,11,13-15,17H2,1-4H3,(H,29,30). The summed E-state index contributed by atoms with van der Waals surface area (Å²) in [5, 5.41) is 29.5. The number of nitrogens with zero attached hydrogens (tertiary/aromatic N) is 1. The highest BCUT2D eigenvalue weighted by Crippen LogP contribution is 2.27. The summed E-state index contributed by atoms with van der Waals surface area (Å²) in [5.74, 6) is -1.39. The molecule has 1 amide bonds. The van der Waals surface area contributed by atoms with Gasteiger partial charge in [0.2, 0.25) is 5.91 Å². The molecule has 8 heteroatoms. The Hall–Kier alpha value is -2.87. The third kappa shape index (κ3) is 9.02. The summed E-state index contributed by atoms with van der Waals surface area (Å²) in [7, 11) is 0. The van der Waals surface area contributed by atoms with Crippen LogP contribution in [0.4, 0.5) is 0 Å². The number of hydrogen-bond acceptors (Lipinski definition) is 6. The second-order valence-electron chi connectivity index (χ2n) is 10.0. The monoisotopic (exact) mass is 489 g/mol. The summed E-state index contributed by atoms with van der Waals surface area (Å²) in [4.78, 5) is 35.8. The fraction of sp³-hybridized carbons (Fsp3) is 0.593. The van der Waals surface area contributed by atoms with Crippen LogP contribution in [0.25, 0.3) is 0 Å². The quantitative estimate of drug-likeness (QED) is 0.241. The molecule has 8 nitrogen and oxygen atoms in total. The topological polar surface area (TPSA) is 124 Å². The number of carboxylic acids is 1. The maximum absolute atomic E-state index is 12.2. The molecule has 35 heavy (non-hydrogen) atoms. The van der Waals surface area contributed by atoms with Crippen molar-refractivity contribution in [3.05, 3.63) is 46.5 Å². The first kappa shape index (κ1) is 28.4. The van der Waals surface area contributed by atoms with Crippen LogP contribution < -0.4 is 0 Å². The molecule has 0 saturated heterocycles. The lowest BCUT2D eigenvalue weighted by Crippen LogP contribution is -2.32. The third-order valence-corrected chi connectivity index (χ3v) is 6.55. The van der Waals surface area contributed by atoms with E-state index in [2.05, 4.69) is 13.0 Å². The lowest BCUT2D eigenvalue weighted by Gasteiger charge is -2.23. The van der Waals surface area contributed by atoms with E-state index in [0.717, 1.165) is 25.7 Å². The first-order valence-electron chi connectivity index (χ1n) is 12.3. The van der Waals surface area contributed by atoms with Gasteiger partial charge >= 0.3 is 11.9 Å². The van der Waals surface area contributed by atoms with E-state index in [9.17, 15) is 24.6 Å². The zero-order valence-corrected chi connectivity index (χ0v) is 21.3. The van der Waals surface area contributed by atoms with Gasteiger partial charge in [0.05, 0.1) is 11.2 Å². The molecule has 2 aliphatic rings. The Bertz CT molecular complexity index is 939. The molecule has 0 aromatic rings. The van der Waals surface area contributed by atoms with Crippen molar-refractivity contribution in [1.29, 1.82) is 0 Å². The van der Waals surface area contributed by atoms with Crippen LogP contribution in [0.5, 0.6) is 0 Å². The molecule has 0 saturated carbocycles. The van der Waals surface area contributed by atoms with Crippen molar-refractivity contribution in [3.63, 3.8) is 0 Å². The van der Waals surface area contributed by atoms with Gasteiger partial charge in [-0.05, 0) is 84.1 Å². The number of carboxylic acid groups (broad SMARTS) is 1. The molecule has 0 aliphatic carbocycles. The zero-order valence-electron chi connectivity index (χ0n) is 21.3. The van der Waals surface area contributed by atoms with Crippen molar-refractivity contribution in [1.82, 2.24) is 4.90 Å². The maximum atomic E-state index is 12.2. The van der Waals surface area contributed by atoms with Crippen LogP contribution in [0.15, 0.2) is 46.5 Å². The maximum Gasteiger partial charge on any atom is 0.343 e. The van der Waals surface area contributed by atoms with Crippen LogP contribution in [0.2, 0.25) is 0 Å². The van der Waals surface area contributed by atoms with Crippen molar-refractivity contribution in [2.45, 2.75) is 84.7 Å². The number of aliphatic carboxylic acids is 1. The van der Waals surface area contributed by atoms with E-state index < -0.39 is 17.5 Å². The molecule has 0 fully saturated rings. The number of esters is 1. The Morgan fingerprint density at radius 1 is 1.29 bits per heavy atom. The van der Waals surface area contributed by atoms with Crippen molar-refractivity contribution in [3.8, 4) is 0 Å². The molecule has 0 bridgehead atoms. The van der Waals surface area contributed by atoms with Gasteiger partial charge in [-0.25, -0.2) is 4.79 Å². The normalized spacial score (nSPS) is 20.4. The second-order valence-corrected chi connectivity index (χ2v) is 10.0. The second kappa shape index (κ2) is 12.7. The fourth-order valence-corrected chi connectivity index (χ4v) is 4.28. The summed E-state index contributed by atoms with van der Waals surface area (Å²) in [6.45, 7) is 7.51. The predicted octanol–water partition coefficient (Wildman–Crippen LogP) is 4.57. The minimum Gasteiger partial charge on any atom is -0.504 e. The average molecular weight is 490 g/mol. The van der Waals surface area contributed by atoms with E-state index in [0.29, 0.717) is 37.8 Å². The fourth-order valence-electron chi connectivity index (χ4n) is 4.28. The van der Waals surface area contributed by atoms with E-state index in [1.54, 1.807) is 19.1 Å². The number of aliphatic hydroxyl groups excluding tert-OH is 1. The molecule has 194 valence electrons. The van der Waals surface area contributed by atoms with Gasteiger partial charge in [0.25, 0.3) is 0 Å². The Labute approximate surface area is 207 Å². The molecule has 0 aromatic carbocycles. The van der Waals surface area contributed by atoms with Crippen molar-refractivity contribution >= 4 is 17.8 Å². The van der Waals surface area contributed by atoms with Gasteiger partial charge in [0.15, 0.2) is 11.5 Å². The number of rotatable bonds is 14. The molecule has 2 heterocycles. The predicted molar refractivity (Wildman–Crippen MR) is 132 cm³/mol. The van der Waals surface area contributed by atoms with Gasteiger partial charge in [-0.2, -0.15) is 0 Å². The van der Waals surface area contributed by atoms with Gasteiger partial charge in [0.1, 0.15) is 6.54 Å². The van der Waals surface area contributed by atoms with E-state index in [1.165, 1.54) is 10.5 Å². The largest absolute Gasteiger partial charge is 0.504 e.